The summed E-state index contributed by atoms with van der Waals surface area (Å²) >= 11 is 1.48. The molecule has 10 nitrogen and oxygen atoms in total. The average molecular weight is 1040 g/mol. The molecule has 422 valence electrons. The number of esters is 4. The van der Waals surface area contributed by atoms with Crippen molar-refractivity contribution in [3.8, 4) is 0 Å². The largest absolute Gasteiger partial charge is 0.463 e. The Balaban J connectivity index is 2.37. The van der Waals surface area contributed by atoms with Crippen LogP contribution in [-0.4, -0.2) is 76.8 Å². The molecule has 1 N–H and O–H groups in total. The summed E-state index contributed by atoms with van der Waals surface area (Å²) in [7, 11) is 0. The number of ether oxygens (including phenoxy) is 5. The Morgan fingerprint density at radius 2 is 0.750 bits per heavy atom. The van der Waals surface area contributed by atoms with Crippen LogP contribution in [0.25, 0.3) is 0 Å². The fraction of sp³-hybridized carbons (Fsp3) is 0.934. The zero-order valence-corrected chi connectivity index (χ0v) is 48.3. The minimum absolute atomic E-state index is 0.0741. The van der Waals surface area contributed by atoms with Crippen molar-refractivity contribution < 1.29 is 48.0 Å². The molecule has 1 unspecified atom stereocenters. The first kappa shape index (κ1) is 66.3. The van der Waals surface area contributed by atoms with E-state index in [0.717, 1.165) is 77.0 Å². The van der Waals surface area contributed by atoms with Crippen LogP contribution < -0.4 is 0 Å². The van der Waals surface area contributed by atoms with E-state index in [2.05, 4.69) is 41.5 Å². The summed E-state index contributed by atoms with van der Waals surface area (Å²) < 4.78 is 32.1. The number of carbonyl (C=O) groups excluding carboxylic acids is 4. The highest BCUT2D eigenvalue weighted by molar-refractivity contribution is 8.00. The van der Waals surface area contributed by atoms with E-state index >= 15 is 0 Å². The van der Waals surface area contributed by atoms with Crippen molar-refractivity contribution in [3.05, 3.63) is 0 Å². The van der Waals surface area contributed by atoms with E-state index in [0.29, 0.717) is 32.1 Å². The van der Waals surface area contributed by atoms with Crippen molar-refractivity contribution in [2.24, 2.45) is 5.41 Å². The van der Waals surface area contributed by atoms with E-state index in [1.807, 2.05) is 0 Å². The van der Waals surface area contributed by atoms with Crippen molar-refractivity contribution >= 4 is 35.6 Å². The highest BCUT2D eigenvalue weighted by Crippen LogP contribution is 2.49. The second-order valence-corrected chi connectivity index (χ2v) is 23.9. The van der Waals surface area contributed by atoms with Gasteiger partial charge >= 0.3 is 23.9 Å². The van der Waals surface area contributed by atoms with Crippen LogP contribution in [0.3, 0.4) is 0 Å². The fourth-order valence-electron chi connectivity index (χ4n) is 10.5. The standard InChI is InChI=1S/C61H112O10S/c1-7-11-15-19-23-27-31-35-39-43-53(63)67-49-51-57(69-54(64)44-40-36-32-28-24-20-16-12-8-2)58(70-55(65)45-41-37-33-29-25-21-17-13-9-3)59(60(68-51)72-52-47-50(62)48-61(52,5)6)71-56(66)46-42-38-34-30-26-22-18-14-10-4/h50-52,57-60,62H,7-49H2,1-6H3/t50?,51-,52-,57+,58+,59-,60+/m1/s1. The Bertz CT molecular complexity index is 1360. The maximum Gasteiger partial charge on any atom is 0.306 e. The normalized spacial score (nSPS) is 21.7. The number of aliphatic hydroxyl groups is 1. The number of aliphatic hydroxyl groups excluding tert-OH is 1. The molecule has 0 aromatic rings. The van der Waals surface area contributed by atoms with Gasteiger partial charge in [0.2, 0.25) is 0 Å². The predicted octanol–water partition coefficient (Wildman–Crippen LogP) is 17.0. The van der Waals surface area contributed by atoms with E-state index in [1.165, 1.54) is 147 Å². The zero-order chi connectivity index (χ0) is 52.5. The van der Waals surface area contributed by atoms with Crippen LogP contribution in [0.15, 0.2) is 0 Å². The minimum atomic E-state index is -1.18. The molecule has 2 aliphatic rings. The van der Waals surface area contributed by atoms with Gasteiger partial charge in [0.1, 0.15) is 18.1 Å². The van der Waals surface area contributed by atoms with Gasteiger partial charge < -0.3 is 28.8 Å². The molecule has 0 aromatic carbocycles. The van der Waals surface area contributed by atoms with Gasteiger partial charge in [0.05, 0.1) is 6.10 Å². The smallest absolute Gasteiger partial charge is 0.306 e. The average Bonchev–Trinajstić information content (AvgIpc) is 3.61. The van der Waals surface area contributed by atoms with Gasteiger partial charge in [-0.2, -0.15) is 0 Å². The topological polar surface area (TPSA) is 135 Å². The lowest BCUT2D eigenvalue weighted by Crippen LogP contribution is -2.62. The molecular formula is C61H112O10S. The van der Waals surface area contributed by atoms with E-state index in [4.69, 9.17) is 23.7 Å². The summed E-state index contributed by atoms with van der Waals surface area (Å²) in [5.74, 6) is -1.64. The molecule has 1 aliphatic heterocycles. The number of rotatable bonds is 47. The van der Waals surface area contributed by atoms with Crippen LogP contribution >= 0.6 is 11.8 Å². The van der Waals surface area contributed by atoms with Crippen LogP contribution in [0, 0.1) is 5.41 Å². The SMILES string of the molecule is CCCCCCCCCCCC(=O)OC[C@H]1O[C@@H](S[C@@H]2CC(O)CC2(C)C)[C@H](OC(=O)CCCCCCCCCCC)[C@@H](OC(=O)CCCCCCCCCCC)[C@H]1OC(=O)CCCCCCCCCCC. The number of unbranched alkanes of at least 4 members (excludes halogenated alkanes) is 32. The van der Waals surface area contributed by atoms with Crippen LogP contribution in [0.5, 0.6) is 0 Å². The quantitative estimate of drug-likeness (QED) is 0.0355. The molecule has 0 bridgehead atoms. The van der Waals surface area contributed by atoms with Gasteiger partial charge in [0, 0.05) is 30.9 Å². The third kappa shape index (κ3) is 31.9. The molecule has 72 heavy (non-hydrogen) atoms. The van der Waals surface area contributed by atoms with E-state index in [-0.39, 0.29) is 48.9 Å². The molecule has 0 aromatic heterocycles. The molecule has 0 amide bonds. The van der Waals surface area contributed by atoms with E-state index in [1.54, 1.807) is 0 Å². The van der Waals surface area contributed by atoms with Gasteiger partial charge in [-0.05, 0) is 43.9 Å². The van der Waals surface area contributed by atoms with Crippen molar-refractivity contribution in [2.45, 2.75) is 352 Å². The Hall–Kier alpha value is -1.85. The lowest BCUT2D eigenvalue weighted by molar-refractivity contribution is -0.239. The monoisotopic (exact) mass is 1040 g/mol. The third-order valence-corrected chi connectivity index (χ3v) is 17.0. The molecule has 1 saturated carbocycles. The number of hydrogen-bond acceptors (Lipinski definition) is 11. The van der Waals surface area contributed by atoms with Crippen molar-refractivity contribution in [1.82, 2.24) is 0 Å². The Labute approximate surface area is 446 Å². The number of thioether (sulfide) groups is 1. The molecule has 1 heterocycles. The van der Waals surface area contributed by atoms with Gasteiger partial charge in [-0.3, -0.25) is 19.2 Å². The molecule has 7 atom stereocenters. The van der Waals surface area contributed by atoms with Crippen LogP contribution in [0.4, 0.5) is 0 Å². The molecule has 1 saturated heterocycles. The number of hydrogen-bond donors (Lipinski definition) is 1. The zero-order valence-electron chi connectivity index (χ0n) is 47.5. The van der Waals surface area contributed by atoms with Gasteiger partial charge in [-0.15, -0.1) is 11.8 Å². The first-order valence-electron chi connectivity index (χ1n) is 30.7. The van der Waals surface area contributed by atoms with Gasteiger partial charge in [-0.25, -0.2) is 0 Å². The molecular weight excluding hydrogens is 925 g/mol. The van der Waals surface area contributed by atoms with Crippen molar-refractivity contribution in [3.63, 3.8) is 0 Å². The van der Waals surface area contributed by atoms with Crippen molar-refractivity contribution in [1.29, 1.82) is 0 Å². The molecule has 0 radical (unpaired) electrons. The summed E-state index contributed by atoms with van der Waals surface area (Å²) in [6.07, 6.45) is 37.2. The molecule has 1 aliphatic carbocycles. The number of carbonyl (C=O) groups is 4. The van der Waals surface area contributed by atoms with Crippen LogP contribution in [-0.2, 0) is 42.9 Å². The Kier molecular flexibility index (Phi) is 39.8. The first-order chi connectivity index (χ1) is 34.9. The summed E-state index contributed by atoms with van der Waals surface area (Å²) in [5, 5.41) is 10.8. The highest BCUT2D eigenvalue weighted by atomic mass is 32.2. The maximum atomic E-state index is 14.1. The lowest BCUT2D eigenvalue weighted by atomic mass is 9.91. The van der Waals surface area contributed by atoms with E-state index in [9.17, 15) is 24.3 Å². The highest BCUT2D eigenvalue weighted by Gasteiger charge is 2.55. The fourth-order valence-corrected chi connectivity index (χ4v) is 12.2. The summed E-state index contributed by atoms with van der Waals surface area (Å²) in [6.45, 7) is 13.0. The maximum absolute atomic E-state index is 14.1. The van der Waals surface area contributed by atoms with Gasteiger partial charge in [-0.1, -0.05) is 247 Å². The molecule has 11 heteroatoms. The molecule has 2 fully saturated rings. The third-order valence-electron chi connectivity index (χ3n) is 15.2. The second-order valence-electron chi connectivity index (χ2n) is 22.6. The molecule has 0 spiro atoms. The first-order valence-corrected chi connectivity index (χ1v) is 31.6. The Morgan fingerprint density at radius 1 is 0.444 bits per heavy atom. The summed E-state index contributed by atoms with van der Waals surface area (Å²) in [4.78, 5) is 55.3. The lowest BCUT2D eigenvalue weighted by Gasteiger charge is -2.45. The summed E-state index contributed by atoms with van der Waals surface area (Å²) in [5.41, 5.74) is -1.11. The minimum Gasteiger partial charge on any atom is -0.463 e. The second kappa shape index (κ2) is 43.3. The van der Waals surface area contributed by atoms with Crippen LogP contribution in [0.2, 0.25) is 0 Å². The van der Waals surface area contributed by atoms with E-state index < -0.39 is 53.9 Å². The summed E-state index contributed by atoms with van der Waals surface area (Å²) in [6, 6.07) is 0. The van der Waals surface area contributed by atoms with Gasteiger partial charge in [0.25, 0.3) is 0 Å². The van der Waals surface area contributed by atoms with Crippen molar-refractivity contribution in [2.75, 3.05) is 6.61 Å². The predicted molar refractivity (Wildman–Crippen MR) is 297 cm³/mol. The Morgan fingerprint density at radius 3 is 1.08 bits per heavy atom. The van der Waals surface area contributed by atoms with Gasteiger partial charge in [0.15, 0.2) is 18.3 Å². The molecule has 2 rings (SSSR count). The van der Waals surface area contributed by atoms with Crippen LogP contribution in [0.1, 0.15) is 311 Å².